The highest BCUT2D eigenvalue weighted by Gasteiger charge is 2.35. The first-order valence-corrected chi connectivity index (χ1v) is 10.5. The number of thioether (sulfide) groups is 1. The number of nitrogens with zero attached hydrogens (tertiary/aromatic N) is 2. The van der Waals surface area contributed by atoms with Crippen LogP contribution in [0.15, 0.2) is 82.6 Å². The van der Waals surface area contributed by atoms with Crippen molar-refractivity contribution in [3.8, 4) is 5.69 Å². The molecule has 0 unspecified atom stereocenters. The minimum atomic E-state index is -4.78. The average molecular weight is 455 g/mol. The molecule has 0 amide bonds. The third-order valence-corrected chi connectivity index (χ3v) is 5.42. The Bertz CT molecular complexity index is 1320. The molecule has 0 aliphatic carbocycles. The van der Waals surface area contributed by atoms with Crippen LogP contribution in [0.1, 0.15) is 5.56 Å². The zero-order valence-electron chi connectivity index (χ0n) is 16.5. The van der Waals surface area contributed by atoms with Gasteiger partial charge in [-0.15, -0.1) is 0 Å². The molecule has 0 bridgehead atoms. The molecular formula is C23H16F3N3O2S. The smallest absolute Gasteiger partial charge is 0.341 e. The molecule has 2 aromatic carbocycles. The molecule has 0 saturated heterocycles. The Labute approximate surface area is 184 Å². The monoisotopic (exact) mass is 455 g/mol. The first-order chi connectivity index (χ1) is 15.4. The maximum atomic E-state index is 13.9. The van der Waals surface area contributed by atoms with Crippen molar-refractivity contribution >= 4 is 40.6 Å². The third kappa shape index (κ3) is 4.38. The predicted molar refractivity (Wildman–Crippen MR) is 119 cm³/mol. The fourth-order valence-electron chi connectivity index (χ4n) is 3.31. The van der Waals surface area contributed by atoms with Crippen LogP contribution < -0.4 is 10.7 Å². The van der Waals surface area contributed by atoms with E-state index >= 15 is 0 Å². The van der Waals surface area contributed by atoms with Crippen LogP contribution in [0.3, 0.4) is 0 Å². The largest absolute Gasteiger partial charge is 0.417 e. The zero-order valence-corrected chi connectivity index (χ0v) is 17.3. The minimum Gasteiger partial charge on any atom is -0.341 e. The first-order valence-electron chi connectivity index (χ1n) is 9.50. The number of hydrogen-bond donors (Lipinski definition) is 1. The van der Waals surface area contributed by atoms with Crippen LogP contribution in [0.2, 0.25) is 0 Å². The van der Waals surface area contributed by atoms with E-state index in [1.807, 2.05) is 6.07 Å². The quantitative estimate of drug-likeness (QED) is 0.310. The van der Waals surface area contributed by atoms with Crippen molar-refractivity contribution in [2.75, 3.05) is 11.1 Å². The van der Waals surface area contributed by atoms with Gasteiger partial charge in [-0.1, -0.05) is 48.2 Å². The highest BCUT2D eigenvalue weighted by molar-refractivity contribution is 7.99. The van der Waals surface area contributed by atoms with E-state index in [0.29, 0.717) is 17.7 Å². The Morgan fingerprint density at radius 2 is 1.66 bits per heavy atom. The van der Waals surface area contributed by atoms with Gasteiger partial charge in [0.2, 0.25) is 0 Å². The molecule has 4 rings (SSSR count). The number of fused-ring (bicyclic) bond motifs is 1. The van der Waals surface area contributed by atoms with Crippen molar-refractivity contribution in [1.82, 2.24) is 9.55 Å². The van der Waals surface area contributed by atoms with Crippen LogP contribution in [0, 0.1) is 0 Å². The molecule has 0 spiro atoms. The Morgan fingerprint density at radius 1 is 1.00 bits per heavy atom. The zero-order chi connectivity index (χ0) is 22.7. The van der Waals surface area contributed by atoms with Gasteiger partial charge in [0.25, 0.3) is 0 Å². The lowest BCUT2D eigenvalue weighted by atomic mass is 10.1. The van der Waals surface area contributed by atoms with Gasteiger partial charge in [-0.2, -0.15) is 13.2 Å². The molecule has 4 aromatic rings. The predicted octanol–water partition coefficient (Wildman–Crippen LogP) is 5.44. The molecular weight excluding hydrogens is 439 g/mol. The SMILES string of the molecule is O=CCSc1cc(C(F)(F)F)c2c(=O)cc(Nc3ccccc3)n(-c3ccccc3)c2n1. The Hall–Kier alpha value is -3.59. The summed E-state index contributed by atoms with van der Waals surface area (Å²) in [5.41, 5.74) is -0.868. The number of halogens is 3. The van der Waals surface area contributed by atoms with Gasteiger partial charge >= 0.3 is 6.18 Å². The Balaban J connectivity index is 2.08. The number of aromatic nitrogens is 2. The molecule has 5 nitrogen and oxygen atoms in total. The fraction of sp³-hybridized carbons (Fsp3) is 0.0870. The molecule has 0 radical (unpaired) electrons. The van der Waals surface area contributed by atoms with Gasteiger partial charge in [-0.25, -0.2) is 4.98 Å². The van der Waals surface area contributed by atoms with Gasteiger partial charge < -0.3 is 10.1 Å². The van der Waals surface area contributed by atoms with E-state index in [2.05, 4.69) is 10.3 Å². The minimum absolute atomic E-state index is 0.00197. The normalized spacial score (nSPS) is 11.5. The molecule has 9 heteroatoms. The molecule has 0 aliphatic rings. The molecule has 32 heavy (non-hydrogen) atoms. The number of hydrogen-bond acceptors (Lipinski definition) is 5. The molecule has 2 aromatic heterocycles. The van der Waals surface area contributed by atoms with E-state index in [9.17, 15) is 22.8 Å². The van der Waals surface area contributed by atoms with Crippen LogP contribution >= 0.6 is 11.8 Å². The topological polar surface area (TPSA) is 64.0 Å². The Morgan fingerprint density at radius 3 is 2.28 bits per heavy atom. The maximum Gasteiger partial charge on any atom is 0.417 e. The third-order valence-electron chi connectivity index (χ3n) is 4.61. The second-order valence-electron chi connectivity index (χ2n) is 6.74. The number of anilines is 2. The summed E-state index contributed by atoms with van der Waals surface area (Å²) in [5.74, 6) is 0.200. The molecule has 0 atom stereocenters. The molecule has 0 fully saturated rings. The Kier molecular flexibility index (Phi) is 6.00. The lowest BCUT2D eigenvalue weighted by molar-refractivity contribution is -0.136. The number of para-hydroxylation sites is 2. The van der Waals surface area contributed by atoms with Gasteiger partial charge in [-0.05, 0) is 30.3 Å². The van der Waals surface area contributed by atoms with E-state index in [1.165, 1.54) is 4.57 Å². The lowest BCUT2D eigenvalue weighted by Crippen LogP contribution is -2.18. The van der Waals surface area contributed by atoms with Crippen LogP contribution in [-0.4, -0.2) is 21.6 Å². The summed E-state index contributed by atoms with van der Waals surface area (Å²) in [7, 11) is 0. The standard InChI is InChI=1S/C23H16F3N3O2S/c24-23(25,26)17-13-20(32-12-11-30)28-22-21(17)18(31)14-19(27-15-7-3-1-4-8-15)29(22)16-9-5-2-6-10-16/h1-11,13-14,27H,12H2. The number of benzene rings is 2. The summed E-state index contributed by atoms with van der Waals surface area (Å²) in [6, 6.07) is 19.6. The number of alkyl halides is 3. The number of carbonyl (C=O) groups excluding carboxylic acids is 1. The summed E-state index contributed by atoms with van der Waals surface area (Å²) in [4.78, 5) is 28.1. The van der Waals surface area contributed by atoms with Crippen molar-refractivity contribution in [3.05, 3.63) is 88.6 Å². The van der Waals surface area contributed by atoms with Gasteiger partial charge in [0.15, 0.2) is 11.1 Å². The van der Waals surface area contributed by atoms with Crippen LogP contribution in [0.25, 0.3) is 16.7 Å². The summed E-state index contributed by atoms with van der Waals surface area (Å²) in [5, 5.41) is 2.57. The number of carbonyl (C=O) groups is 1. The number of nitrogens with one attached hydrogen (secondary N) is 1. The van der Waals surface area contributed by atoms with Gasteiger partial charge in [0.05, 0.1) is 21.7 Å². The van der Waals surface area contributed by atoms with E-state index in [0.717, 1.165) is 23.9 Å². The van der Waals surface area contributed by atoms with E-state index in [-0.39, 0.29) is 22.2 Å². The van der Waals surface area contributed by atoms with Crippen molar-refractivity contribution in [2.45, 2.75) is 11.2 Å². The van der Waals surface area contributed by atoms with Gasteiger partial charge in [-0.3, -0.25) is 9.36 Å². The average Bonchev–Trinajstić information content (AvgIpc) is 2.78. The van der Waals surface area contributed by atoms with Gasteiger partial charge in [0.1, 0.15) is 12.1 Å². The highest BCUT2D eigenvalue weighted by Crippen LogP contribution is 2.37. The summed E-state index contributed by atoms with van der Waals surface area (Å²) >= 11 is 0.870. The van der Waals surface area contributed by atoms with Crippen molar-refractivity contribution in [1.29, 1.82) is 0 Å². The summed E-state index contributed by atoms with van der Waals surface area (Å²) in [6.07, 6.45) is -4.19. The molecule has 2 heterocycles. The van der Waals surface area contributed by atoms with Crippen LogP contribution in [0.4, 0.5) is 24.7 Å². The number of rotatable bonds is 6. The van der Waals surface area contributed by atoms with Crippen LogP contribution in [0.5, 0.6) is 0 Å². The summed E-state index contributed by atoms with van der Waals surface area (Å²) in [6.45, 7) is 0. The van der Waals surface area contributed by atoms with E-state index in [1.54, 1.807) is 54.6 Å². The maximum absolute atomic E-state index is 13.9. The second kappa shape index (κ2) is 8.88. The number of aldehydes is 1. The van der Waals surface area contributed by atoms with Crippen LogP contribution in [-0.2, 0) is 11.0 Å². The second-order valence-corrected chi connectivity index (χ2v) is 7.78. The van der Waals surface area contributed by atoms with E-state index in [4.69, 9.17) is 0 Å². The fourth-order valence-corrected chi connectivity index (χ4v) is 3.90. The first kappa shape index (κ1) is 21.6. The molecule has 0 saturated carbocycles. The molecule has 0 aliphatic heterocycles. The molecule has 162 valence electrons. The van der Waals surface area contributed by atoms with Crippen molar-refractivity contribution < 1.29 is 18.0 Å². The van der Waals surface area contributed by atoms with Crippen molar-refractivity contribution in [2.24, 2.45) is 0 Å². The molecule has 1 N–H and O–H groups in total. The lowest BCUT2D eigenvalue weighted by Gasteiger charge is -2.20. The highest BCUT2D eigenvalue weighted by atomic mass is 32.2. The number of pyridine rings is 2. The van der Waals surface area contributed by atoms with Gasteiger partial charge in [0, 0.05) is 17.4 Å². The van der Waals surface area contributed by atoms with E-state index < -0.39 is 22.6 Å². The van der Waals surface area contributed by atoms with Crippen molar-refractivity contribution in [3.63, 3.8) is 0 Å². The summed E-state index contributed by atoms with van der Waals surface area (Å²) < 4.78 is 43.2.